The molecule has 0 unspecified atom stereocenters. The Morgan fingerprint density at radius 2 is 1.96 bits per heavy atom. The van der Waals surface area contributed by atoms with Crippen molar-refractivity contribution in [3.8, 4) is 0 Å². The van der Waals surface area contributed by atoms with Crippen LogP contribution in [0.5, 0.6) is 0 Å². The van der Waals surface area contributed by atoms with Crippen LogP contribution in [0.3, 0.4) is 0 Å². The fraction of sp³-hybridized carbons (Fsp3) is 0.556. The number of nitrogens with one attached hydrogen (secondary N) is 2. The molecule has 0 bridgehead atoms. The standard InChI is InChI=1S/C18H28N4OS.HI/c1-19-17(23)14-15-8-11-22(12-9-15)18(20-2)21-10-13-24-16-6-4-3-5-7-16;/h3-7,15H,8-14H2,1-2H3,(H,19,23)(H,20,21);1H. The molecule has 7 heteroatoms. The predicted molar refractivity (Wildman–Crippen MR) is 117 cm³/mol. The van der Waals surface area contributed by atoms with Crippen LogP contribution in [0.15, 0.2) is 40.2 Å². The number of hydrogen-bond acceptors (Lipinski definition) is 3. The highest BCUT2D eigenvalue weighted by Gasteiger charge is 2.22. The molecule has 0 radical (unpaired) electrons. The first-order valence-electron chi connectivity index (χ1n) is 8.57. The Balaban J connectivity index is 0.00000312. The van der Waals surface area contributed by atoms with Gasteiger partial charge in [0.1, 0.15) is 0 Å². The quantitative estimate of drug-likeness (QED) is 0.218. The van der Waals surface area contributed by atoms with Gasteiger partial charge in [-0.2, -0.15) is 0 Å². The van der Waals surface area contributed by atoms with Gasteiger partial charge in [0.15, 0.2) is 5.96 Å². The van der Waals surface area contributed by atoms with Crippen LogP contribution in [-0.2, 0) is 4.79 Å². The summed E-state index contributed by atoms with van der Waals surface area (Å²) in [6.07, 6.45) is 2.74. The number of aliphatic imine (C=N–C) groups is 1. The molecule has 1 aliphatic heterocycles. The van der Waals surface area contributed by atoms with E-state index in [1.807, 2.05) is 24.9 Å². The van der Waals surface area contributed by atoms with Crippen molar-refractivity contribution >= 4 is 47.6 Å². The van der Waals surface area contributed by atoms with Crippen molar-refractivity contribution in [1.82, 2.24) is 15.5 Å². The minimum absolute atomic E-state index is 0. The molecule has 5 nitrogen and oxygen atoms in total. The zero-order chi connectivity index (χ0) is 17.2. The predicted octanol–water partition coefficient (Wildman–Crippen LogP) is 2.82. The van der Waals surface area contributed by atoms with Crippen LogP contribution in [0.4, 0.5) is 0 Å². The molecule has 1 aromatic rings. The number of piperidine rings is 1. The van der Waals surface area contributed by atoms with Crippen molar-refractivity contribution in [1.29, 1.82) is 0 Å². The zero-order valence-corrected chi connectivity index (χ0v) is 18.2. The number of carbonyl (C=O) groups excluding carboxylic acids is 1. The molecule has 25 heavy (non-hydrogen) atoms. The Bertz CT molecular complexity index is 533. The number of carbonyl (C=O) groups is 1. The van der Waals surface area contributed by atoms with Crippen molar-refractivity contribution in [3.05, 3.63) is 30.3 Å². The minimum Gasteiger partial charge on any atom is -0.359 e. The lowest BCUT2D eigenvalue weighted by atomic mass is 9.93. The summed E-state index contributed by atoms with van der Waals surface area (Å²) in [7, 11) is 3.54. The fourth-order valence-electron chi connectivity index (χ4n) is 2.89. The average molecular weight is 476 g/mol. The van der Waals surface area contributed by atoms with E-state index in [0.717, 1.165) is 44.2 Å². The van der Waals surface area contributed by atoms with E-state index in [1.165, 1.54) is 4.90 Å². The van der Waals surface area contributed by atoms with Gasteiger partial charge in [0.25, 0.3) is 0 Å². The molecule has 1 saturated heterocycles. The van der Waals surface area contributed by atoms with Crippen LogP contribution in [0.25, 0.3) is 0 Å². The number of guanidine groups is 1. The van der Waals surface area contributed by atoms with Gasteiger partial charge >= 0.3 is 0 Å². The lowest BCUT2D eigenvalue weighted by Crippen LogP contribution is -2.46. The summed E-state index contributed by atoms with van der Waals surface area (Å²) >= 11 is 1.85. The summed E-state index contributed by atoms with van der Waals surface area (Å²) in [5.41, 5.74) is 0. The molecule has 1 heterocycles. The number of thioether (sulfide) groups is 1. The molecule has 1 aliphatic rings. The van der Waals surface area contributed by atoms with Crippen molar-refractivity contribution < 1.29 is 4.79 Å². The van der Waals surface area contributed by atoms with E-state index in [2.05, 4.69) is 44.8 Å². The Hall–Kier alpha value is -0.960. The molecule has 0 atom stereocenters. The first-order valence-corrected chi connectivity index (χ1v) is 9.55. The molecule has 1 fully saturated rings. The number of rotatable bonds is 6. The SMILES string of the molecule is CN=C(NCCSc1ccccc1)N1CCC(CC(=O)NC)CC1.I. The number of nitrogens with zero attached hydrogens (tertiary/aromatic N) is 2. The van der Waals surface area contributed by atoms with Crippen molar-refractivity contribution in [2.75, 3.05) is 39.5 Å². The van der Waals surface area contributed by atoms with Crippen molar-refractivity contribution in [2.45, 2.75) is 24.2 Å². The largest absolute Gasteiger partial charge is 0.359 e. The molecule has 140 valence electrons. The molecule has 0 saturated carbocycles. The number of halogens is 1. The first kappa shape index (κ1) is 22.1. The van der Waals surface area contributed by atoms with Crippen LogP contribution in [-0.4, -0.2) is 56.2 Å². The third-order valence-electron chi connectivity index (χ3n) is 4.28. The molecule has 2 rings (SSSR count). The molecule has 0 aromatic heterocycles. The lowest BCUT2D eigenvalue weighted by molar-refractivity contribution is -0.121. The summed E-state index contributed by atoms with van der Waals surface area (Å²) in [6.45, 7) is 2.82. The van der Waals surface area contributed by atoms with E-state index >= 15 is 0 Å². The highest BCUT2D eigenvalue weighted by molar-refractivity contribution is 14.0. The Labute approximate surface area is 172 Å². The Morgan fingerprint density at radius 1 is 1.28 bits per heavy atom. The van der Waals surface area contributed by atoms with Gasteiger partial charge in [0, 0.05) is 50.8 Å². The van der Waals surface area contributed by atoms with Gasteiger partial charge in [-0.05, 0) is 30.9 Å². The van der Waals surface area contributed by atoms with Crippen molar-refractivity contribution in [3.63, 3.8) is 0 Å². The first-order chi connectivity index (χ1) is 11.7. The van der Waals surface area contributed by atoms with Gasteiger partial charge in [0.05, 0.1) is 0 Å². The number of likely N-dealkylation sites (tertiary alicyclic amines) is 1. The number of hydrogen-bond donors (Lipinski definition) is 2. The summed E-state index contributed by atoms with van der Waals surface area (Å²) in [5, 5.41) is 6.17. The second-order valence-electron chi connectivity index (χ2n) is 5.94. The molecular weight excluding hydrogens is 447 g/mol. The number of amides is 1. The third kappa shape index (κ3) is 7.85. The summed E-state index contributed by atoms with van der Waals surface area (Å²) in [5.74, 6) is 2.62. The van der Waals surface area contributed by atoms with Gasteiger partial charge in [-0.1, -0.05) is 18.2 Å². The molecule has 0 aliphatic carbocycles. The van der Waals surface area contributed by atoms with Crippen LogP contribution in [0, 0.1) is 5.92 Å². The minimum atomic E-state index is 0. The average Bonchev–Trinajstić information content (AvgIpc) is 2.63. The van der Waals surface area contributed by atoms with Gasteiger partial charge in [-0.3, -0.25) is 9.79 Å². The maximum Gasteiger partial charge on any atom is 0.220 e. The van der Waals surface area contributed by atoms with Gasteiger partial charge in [-0.25, -0.2) is 0 Å². The molecule has 1 amide bonds. The van der Waals surface area contributed by atoms with Crippen LogP contribution < -0.4 is 10.6 Å². The van der Waals surface area contributed by atoms with Gasteiger partial charge in [0.2, 0.25) is 5.91 Å². The van der Waals surface area contributed by atoms with E-state index in [4.69, 9.17) is 0 Å². The summed E-state index contributed by atoms with van der Waals surface area (Å²) < 4.78 is 0. The van der Waals surface area contributed by atoms with E-state index in [-0.39, 0.29) is 29.9 Å². The van der Waals surface area contributed by atoms with Gasteiger partial charge < -0.3 is 15.5 Å². The van der Waals surface area contributed by atoms with E-state index in [9.17, 15) is 4.79 Å². The monoisotopic (exact) mass is 476 g/mol. The van der Waals surface area contributed by atoms with Crippen LogP contribution in [0.1, 0.15) is 19.3 Å². The van der Waals surface area contributed by atoms with E-state index < -0.39 is 0 Å². The second-order valence-corrected chi connectivity index (χ2v) is 7.11. The maximum absolute atomic E-state index is 11.5. The normalized spacial score (nSPS) is 15.4. The molecule has 2 N–H and O–H groups in total. The molecule has 0 spiro atoms. The summed E-state index contributed by atoms with van der Waals surface area (Å²) in [6, 6.07) is 10.4. The van der Waals surface area contributed by atoms with E-state index in [1.54, 1.807) is 7.05 Å². The molecular formula is C18H29IN4OS. The van der Waals surface area contributed by atoms with Crippen LogP contribution >= 0.6 is 35.7 Å². The number of benzene rings is 1. The Kier molecular flexibility index (Phi) is 11.0. The highest BCUT2D eigenvalue weighted by atomic mass is 127. The second kappa shape index (κ2) is 12.4. The van der Waals surface area contributed by atoms with E-state index in [0.29, 0.717) is 12.3 Å². The highest BCUT2D eigenvalue weighted by Crippen LogP contribution is 2.20. The summed E-state index contributed by atoms with van der Waals surface area (Å²) in [4.78, 5) is 19.5. The lowest BCUT2D eigenvalue weighted by Gasteiger charge is -2.34. The van der Waals surface area contributed by atoms with Crippen molar-refractivity contribution in [2.24, 2.45) is 10.9 Å². The Morgan fingerprint density at radius 3 is 2.56 bits per heavy atom. The van der Waals surface area contributed by atoms with Crippen LogP contribution in [0.2, 0.25) is 0 Å². The molecule has 1 aromatic carbocycles. The fourth-order valence-corrected chi connectivity index (χ4v) is 3.68. The smallest absolute Gasteiger partial charge is 0.220 e. The van der Waals surface area contributed by atoms with Gasteiger partial charge in [-0.15, -0.1) is 35.7 Å². The third-order valence-corrected chi connectivity index (χ3v) is 5.29. The maximum atomic E-state index is 11.5. The topological polar surface area (TPSA) is 56.7 Å². The zero-order valence-electron chi connectivity index (χ0n) is 15.0.